The van der Waals surface area contributed by atoms with Crippen molar-refractivity contribution in [1.82, 2.24) is 19.7 Å². The fourth-order valence-electron chi connectivity index (χ4n) is 1.13. The van der Waals surface area contributed by atoms with Gasteiger partial charge in [-0.15, -0.1) is 5.10 Å². The van der Waals surface area contributed by atoms with Gasteiger partial charge in [-0.3, -0.25) is 4.98 Å². The highest BCUT2D eigenvalue weighted by Gasteiger charge is 2.08. The molecule has 0 unspecified atom stereocenters. The van der Waals surface area contributed by atoms with Crippen LogP contribution in [0.2, 0.25) is 0 Å². The Morgan fingerprint density at radius 1 is 1.40 bits per heavy atom. The van der Waals surface area contributed by atoms with Gasteiger partial charge in [0.1, 0.15) is 6.33 Å². The van der Waals surface area contributed by atoms with Gasteiger partial charge >= 0.3 is 5.97 Å². The summed E-state index contributed by atoms with van der Waals surface area (Å²) in [6.45, 7) is 0.418. The highest BCUT2D eigenvalue weighted by atomic mass is 16.4. The Morgan fingerprint density at radius 3 is 2.87 bits per heavy atom. The second-order valence-electron chi connectivity index (χ2n) is 2.89. The van der Waals surface area contributed by atoms with Crippen LogP contribution in [0.25, 0.3) is 0 Å². The summed E-state index contributed by atoms with van der Waals surface area (Å²) in [4.78, 5) is 18.2. The Balaban J connectivity index is 2.15. The van der Waals surface area contributed by atoms with E-state index in [0.717, 1.165) is 5.69 Å². The van der Waals surface area contributed by atoms with Crippen LogP contribution >= 0.6 is 0 Å². The quantitative estimate of drug-likeness (QED) is 0.783. The molecule has 0 amide bonds. The predicted molar refractivity (Wildman–Crippen MR) is 50.3 cm³/mol. The van der Waals surface area contributed by atoms with Crippen LogP contribution in [0, 0.1) is 0 Å². The van der Waals surface area contributed by atoms with E-state index in [1.807, 2.05) is 18.2 Å². The normalized spacial score (nSPS) is 10.1. The average molecular weight is 204 g/mol. The number of pyridine rings is 1. The van der Waals surface area contributed by atoms with E-state index in [2.05, 4.69) is 15.1 Å². The van der Waals surface area contributed by atoms with Gasteiger partial charge in [-0.05, 0) is 12.1 Å². The summed E-state index contributed by atoms with van der Waals surface area (Å²) in [5, 5.41) is 12.4. The highest BCUT2D eigenvalue weighted by molar-refractivity contribution is 5.82. The van der Waals surface area contributed by atoms with Crippen molar-refractivity contribution in [3.8, 4) is 0 Å². The zero-order valence-corrected chi connectivity index (χ0v) is 7.74. The van der Waals surface area contributed by atoms with Crippen molar-refractivity contribution in [3.63, 3.8) is 0 Å². The van der Waals surface area contributed by atoms with Crippen molar-refractivity contribution in [2.75, 3.05) is 0 Å². The minimum Gasteiger partial charge on any atom is -0.475 e. The number of hydrogen-bond acceptors (Lipinski definition) is 4. The summed E-state index contributed by atoms with van der Waals surface area (Å²) in [6.07, 6.45) is 3.04. The second-order valence-corrected chi connectivity index (χ2v) is 2.89. The van der Waals surface area contributed by atoms with E-state index in [0.29, 0.717) is 6.54 Å². The van der Waals surface area contributed by atoms with Crippen LogP contribution in [0.5, 0.6) is 0 Å². The van der Waals surface area contributed by atoms with Crippen molar-refractivity contribution in [3.05, 3.63) is 42.2 Å². The predicted octanol–water partition coefficient (Wildman–Crippen LogP) is 0.420. The molecule has 0 saturated carbocycles. The van der Waals surface area contributed by atoms with E-state index in [1.54, 1.807) is 6.20 Å². The summed E-state index contributed by atoms with van der Waals surface area (Å²) < 4.78 is 1.44. The molecule has 0 aliphatic rings. The maximum Gasteiger partial charge on any atom is 0.375 e. The van der Waals surface area contributed by atoms with Gasteiger partial charge < -0.3 is 5.11 Å². The molecule has 0 radical (unpaired) electrons. The van der Waals surface area contributed by atoms with E-state index in [-0.39, 0.29) is 5.82 Å². The molecule has 0 spiro atoms. The monoisotopic (exact) mass is 204 g/mol. The first-order valence-corrected chi connectivity index (χ1v) is 4.28. The molecule has 0 aromatic carbocycles. The molecule has 6 nitrogen and oxygen atoms in total. The second kappa shape index (κ2) is 3.87. The van der Waals surface area contributed by atoms with Crippen LogP contribution in [0.3, 0.4) is 0 Å². The Labute approximate surface area is 85.2 Å². The third-order valence-corrected chi connectivity index (χ3v) is 1.78. The lowest BCUT2D eigenvalue weighted by atomic mass is 10.3. The molecule has 0 bridgehead atoms. The maximum absolute atomic E-state index is 10.5. The van der Waals surface area contributed by atoms with E-state index in [9.17, 15) is 4.79 Å². The average Bonchev–Trinajstić information content (AvgIpc) is 2.68. The lowest BCUT2D eigenvalue weighted by Gasteiger charge is -1.98. The SMILES string of the molecule is O=C(O)c1ncn(Cc2ccccn2)n1. The smallest absolute Gasteiger partial charge is 0.375 e. The van der Waals surface area contributed by atoms with Crippen LogP contribution in [0.15, 0.2) is 30.7 Å². The number of carboxylic acid groups (broad SMARTS) is 1. The molecule has 0 aliphatic carbocycles. The van der Waals surface area contributed by atoms with Crippen molar-refractivity contribution in [1.29, 1.82) is 0 Å². The van der Waals surface area contributed by atoms with Crippen molar-refractivity contribution in [2.24, 2.45) is 0 Å². The molecule has 15 heavy (non-hydrogen) atoms. The Kier molecular flexibility index (Phi) is 2.40. The molecule has 2 aromatic heterocycles. The van der Waals surface area contributed by atoms with Crippen LogP contribution in [-0.2, 0) is 6.54 Å². The third-order valence-electron chi connectivity index (χ3n) is 1.78. The number of aromatic carboxylic acids is 1. The molecule has 6 heteroatoms. The summed E-state index contributed by atoms with van der Waals surface area (Å²) in [5.41, 5.74) is 0.805. The van der Waals surface area contributed by atoms with Gasteiger partial charge in [-0.1, -0.05) is 6.07 Å². The first kappa shape index (κ1) is 9.32. The van der Waals surface area contributed by atoms with Gasteiger partial charge in [0.05, 0.1) is 12.2 Å². The number of rotatable bonds is 3. The first-order valence-electron chi connectivity index (χ1n) is 4.28. The fourth-order valence-corrected chi connectivity index (χ4v) is 1.13. The molecule has 1 N–H and O–H groups in total. The standard InChI is InChI=1S/C9H8N4O2/c14-9(15)8-11-6-13(12-8)5-7-3-1-2-4-10-7/h1-4,6H,5H2,(H,14,15). The molecule has 2 heterocycles. The lowest BCUT2D eigenvalue weighted by Crippen LogP contribution is -2.05. The van der Waals surface area contributed by atoms with E-state index in [1.165, 1.54) is 11.0 Å². The topological polar surface area (TPSA) is 80.9 Å². The molecule has 2 aromatic rings. The maximum atomic E-state index is 10.5. The third kappa shape index (κ3) is 2.16. The van der Waals surface area contributed by atoms with Crippen molar-refractivity contribution < 1.29 is 9.90 Å². The number of nitrogens with zero attached hydrogens (tertiary/aromatic N) is 4. The molecule has 0 aliphatic heterocycles. The number of carbonyl (C=O) groups is 1. The molecule has 0 saturated heterocycles. The molecular formula is C9H8N4O2. The van der Waals surface area contributed by atoms with Gasteiger partial charge in [0.2, 0.25) is 0 Å². The first-order chi connectivity index (χ1) is 7.25. The highest BCUT2D eigenvalue weighted by Crippen LogP contribution is 1.97. The zero-order chi connectivity index (χ0) is 10.7. The number of carboxylic acids is 1. The molecule has 76 valence electrons. The molecule has 0 fully saturated rings. The number of aromatic nitrogens is 4. The van der Waals surface area contributed by atoms with Crippen molar-refractivity contribution >= 4 is 5.97 Å². The van der Waals surface area contributed by atoms with E-state index < -0.39 is 5.97 Å². The van der Waals surface area contributed by atoms with Crippen LogP contribution in [0.1, 0.15) is 16.3 Å². The van der Waals surface area contributed by atoms with Gasteiger partial charge in [0.15, 0.2) is 0 Å². The largest absolute Gasteiger partial charge is 0.475 e. The Morgan fingerprint density at radius 2 is 2.27 bits per heavy atom. The summed E-state index contributed by atoms with van der Waals surface area (Å²) in [7, 11) is 0. The Hall–Kier alpha value is -2.24. The zero-order valence-electron chi connectivity index (χ0n) is 7.74. The fraction of sp³-hybridized carbons (Fsp3) is 0.111. The minimum absolute atomic E-state index is 0.203. The number of hydrogen-bond donors (Lipinski definition) is 1. The minimum atomic E-state index is -1.13. The summed E-state index contributed by atoms with van der Waals surface area (Å²) in [6, 6.07) is 5.51. The van der Waals surface area contributed by atoms with E-state index in [4.69, 9.17) is 5.11 Å². The summed E-state index contributed by atoms with van der Waals surface area (Å²) >= 11 is 0. The summed E-state index contributed by atoms with van der Waals surface area (Å²) in [5.74, 6) is -1.33. The van der Waals surface area contributed by atoms with E-state index >= 15 is 0 Å². The molecular weight excluding hydrogens is 196 g/mol. The Bertz CT molecular complexity index is 466. The van der Waals surface area contributed by atoms with Gasteiger partial charge in [0.25, 0.3) is 5.82 Å². The van der Waals surface area contributed by atoms with Gasteiger partial charge in [0, 0.05) is 6.20 Å². The lowest BCUT2D eigenvalue weighted by molar-refractivity contribution is 0.0683. The van der Waals surface area contributed by atoms with Crippen LogP contribution in [0.4, 0.5) is 0 Å². The molecule has 2 rings (SSSR count). The van der Waals surface area contributed by atoms with Gasteiger partial charge in [-0.2, -0.15) is 0 Å². The van der Waals surface area contributed by atoms with Crippen LogP contribution in [-0.4, -0.2) is 30.8 Å². The van der Waals surface area contributed by atoms with Gasteiger partial charge in [-0.25, -0.2) is 14.5 Å². The van der Waals surface area contributed by atoms with Crippen molar-refractivity contribution in [2.45, 2.75) is 6.54 Å². The van der Waals surface area contributed by atoms with Crippen LogP contribution < -0.4 is 0 Å². The molecule has 0 atom stereocenters.